The molecule has 0 saturated heterocycles. The average Bonchev–Trinajstić information content (AvgIpc) is 1.56. The van der Waals surface area contributed by atoms with Crippen molar-refractivity contribution in [1.82, 2.24) is 27.4 Å². The molecule has 6 aromatic heterocycles. The SMILES string of the molecule is Cc1ccc2c(c1)c1cc(C)ccc1n2-c1ccc2c3ccc(-n4c5ccc(C)cc5c5cc(CCC(C)(C)c6ccc7c(c6)c6cc(C(C)(C)C)ccc6n7-c6ccc7c8ccc(-n9c%10ccc(C(C)(C)C)cc%10c%10cc(C(C)(C)C)ccc%109)cc8n(-c8ccc9cc%10ccccc%10cc9c8)c7c6)ccc54)cc3n(-c3ccc4ccccc4c3)c2c1. The maximum Gasteiger partial charge on any atom is 0.0561 e. The minimum absolute atomic E-state index is 0.00712. The van der Waals surface area contributed by atoms with Crippen LogP contribution in [0.1, 0.15) is 127 Å². The fourth-order valence-electron chi connectivity index (χ4n) is 20.7. The third-order valence-corrected chi connectivity index (χ3v) is 27.4. The lowest BCUT2D eigenvalue weighted by molar-refractivity contribution is 0.480. The predicted molar refractivity (Wildman–Crippen MR) is 523 cm³/mol. The molecule has 592 valence electrons. The molecule has 0 amide bonds. The molecular formula is C116H98N6. The summed E-state index contributed by atoms with van der Waals surface area (Å²) in [7, 11) is 0. The van der Waals surface area contributed by atoms with Crippen LogP contribution in [0.3, 0.4) is 0 Å². The van der Waals surface area contributed by atoms with Crippen molar-refractivity contribution in [2.45, 2.75) is 131 Å². The van der Waals surface area contributed by atoms with Crippen LogP contribution in [0.5, 0.6) is 0 Å². The average molecular weight is 1580 g/mol. The molecule has 23 rings (SSSR count). The van der Waals surface area contributed by atoms with E-state index in [0.29, 0.717) is 0 Å². The standard InChI is InChI=1S/C116H98N6/c1-69-23-43-101-93(53-69)94-54-70(2)24-44-102(94)117(101)85-35-39-89-90-40-36-86(66-110(90)121(109(89)65-85)83-33-27-73-19-15-16-22-76(73)59-83)118-103-45-25-71(3)55-95(103)96-56-72(26-46-104(96)118)51-52-116(13,14)82-32-50-108-100(64-82)99-63-81(115(10,11)12)31-49-107(99)120(108)88-38-42-92-91-41-37-87(119-105-47-29-79(113(4,5)6)61-97(105)98-62-80(114(7,8)9)30-48-106(98)119)67-111(91)122(112(92)68-88)84-34-28-77-57-74-20-17-18-21-75(74)58-78(77)60-84/h15-50,53-68H,51-52H2,1-14H3. The fraction of sp³-hybridized carbons (Fsp3) is 0.172. The minimum atomic E-state index is -0.181. The summed E-state index contributed by atoms with van der Waals surface area (Å²) in [5.41, 5.74) is 31.3. The van der Waals surface area contributed by atoms with Crippen LogP contribution < -0.4 is 0 Å². The number of hydrogen-bond acceptors (Lipinski definition) is 0. The van der Waals surface area contributed by atoms with Gasteiger partial charge in [0.05, 0.1) is 66.2 Å². The van der Waals surface area contributed by atoms with Crippen molar-refractivity contribution in [2.75, 3.05) is 0 Å². The molecule has 17 aromatic carbocycles. The highest BCUT2D eigenvalue weighted by Crippen LogP contribution is 2.47. The summed E-state index contributed by atoms with van der Waals surface area (Å²) in [6, 6.07) is 122. The third-order valence-electron chi connectivity index (χ3n) is 27.4. The molecule has 6 heteroatoms. The Bertz CT molecular complexity index is 8320. The summed E-state index contributed by atoms with van der Waals surface area (Å²) < 4.78 is 15.1. The molecule has 0 aliphatic rings. The first-order chi connectivity index (χ1) is 58.8. The van der Waals surface area contributed by atoms with Crippen molar-refractivity contribution in [3.63, 3.8) is 0 Å². The predicted octanol–water partition coefficient (Wildman–Crippen LogP) is 31.5. The van der Waals surface area contributed by atoms with Crippen molar-refractivity contribution in [3.05, 3.63) is 360 Å². The molecule has 122 heavy (non-hydrogen) atoms. The van der Waals surface area contributed by atoms with Gasteiger partial charge in [0.25, 0.3) is 0 Å². The van der Waals surface area contributed by atoms with E-state index in [1.54, 1.807) is 0 Å². The first kappa shape index (κ1) is 73.5. The molecule has 0 fully saturated rings. The van der Waals surface area contributed by atoms with E-state index in [1.165, 1.54) is 197 Å². The van der Waals surface area contributed by atoms with Gasteiger partial charge in [-0.1, -0.05) is 226 Å². The summed E-state index contributed by atoms with van der Waals surface area (Å²) in [6.07, 6.45) is 1.88. The van der Waals surface area contributed by atoms with Crippen LogP contribution in [0.25, 0.3) is 197 Å². The number of aryl methyl sites for hydroxylation is 4. The number of nitrogens with zero attached hydrogens (tertiary/aromatic N) is 6. The lowest BCUT2D eigenvalue weighted by atomic mass is 9.79. The van der Waals surface area contributed by atoms with Crippen LogP contribution in [0.2, 0.25) is 0 Å². The fourth-order valence-corrected chi connectivity index (χ4v) is 20.7. The highest BCUT2D eigenvalue weighted by Gasteiger charge is 2.29. The quantitative estimate of drug-likeness (QED) is 0.122. The number of benzene rings is 17. The lowest BCUT2D eigenvalue weighted by Gasteiger charge is -2.26. The number of hydrogen-bond donors (Lipinski definition) is 0. The Balaban J connectivity index is 0.630. The van der Waals surface area contributed by atoms with E-state index >= 15 is 0 Å². The van der Waals surface area contributed by atoms with Crippen LogP contribution in [0.15, 0.2) is 315 Å². The monoisotopic (exact) mass is 1570 g/mol. The molecule has 0 atom stereocenters. The topological polar surface area (TPSA) is 29.6 Å². The summed E-state index contributed by atoms with van der Waals surface area (Å²) in [5.74, 6) is 0. The van der Waals surface area contributed by atoms with E-state index < -0.39 is 0 Å². The summed E-state index contributed by atoms with van der Waals surface area (Å²) in [4.78, 5) is 0. The molecule has 0 unspecified atom stereocenters. The van der Waals surface area contributed by atoms with E-state index in [-0.39, 0.29) is 21.7 Å². The van der Waals surface area contributed by atoms with Gasteiger partial charge in [-0.25, -0.2) is 0 Å². The second-order valence-electron chi connectivity index (χ2n) is 39.1. The first-order valence-electron chi connectivity index (χ1n) is 43.6. The van der Waals surface area contributed by atoms with E-state index in [2.05, 4.69) is 440 Å². The molecule has 6 nitrogen and oxygen atoms in total. The number of aromatic nitrogens is 6. The van der Waals surface area contributed by atoms with E-state index in [0.717, 1.165) is 58.0 Å². The Labute approximate surface area is 711 Å². The molecule has 0 aliphatic carbocycles. The Kier molecular flexibility index (Phi) is 15.9. The van der Waals surface area contributed by atoms with Gasteiger partial charge in [-0.15, -0.1) is 0 Å². The van der Waals surface area contributed by atoms with Crippen LogP contribution >= 0.6 is 0 Å². The lowest BCUT2D eigenvalue weighted by Crippen LogP contribution is -2.18. The van der Waals surface area contributed by atoms with Gasteiger partial charge < -0.3 is 27.4 Å². The summed E-state index contributed by atoms with van der Waals surface area (Å²) in [6.45, 7) is 32.5. The van der Waals surface area contributed by atoms with Crippen molar-refractivity contribution in [1.29, 1.82) is 0 Å². The van der Waals surface area contributed by atoms with Gasteiger partial charge in [-0.2, -0.15) is 0 Å². The maximum atomic E-state index is 2.55. The molecule has 0 aliphatic heterocycles. The zero-order valence-electron chi connectivity index (χ0n) is 72.1. The van der Waals surface area contributed by atoms with Crippen molar-refractivity contribution in [2.24, 2.45) is 0 Å². The Morgan fingerprint density at radius 2 is 0.451 bits per heavy atom. The van der Waals surface area contributed by atoms with E-state index in [9.17, 15) is 0 Å². The summed E-state index contributed by atoms with van der Waals surface area (Å²) in [5, 5.41) is 22.5. The molecule has 6 heterocycles. The Morgan fingerprint density at radius 1 is 0.189 bits per heavy atom. The second-order valence-corrected chi connectivity index (χ2v) is 39.1. The van der Waals surface area contributed by atoms with Gasteiger partial charge >= 0.3 is 0 Å². The van der Waals surface area contributed by atoms with Gasteiger partial charge in [0, 0.05) is 98.8 Å². The highest BCUT2D eigenvalue weighted by atomic mass is 15.0. The molecule has 0 N–H and O–H groups in total. The number of rotatable bonds is 10. The Morgan fingerprint density at radius 3 is 0.828 bits per heavy atom. The van der Waals surface area contributed by atoms with E-state index in [4.69, 9.17) is 0 Å². The van der Waals surface area contributed by atoms with Crippen molar-refractivity contribution >= 4 is 163 Å². The summed E-state index contributed by atoms with van der Waals surface area (Å²) >= 11 is 0. The van der Waals surface area contributed by atoms with Gasteiger partial charge in [-0.3, -0.25) is 0 Å². The van der Waals surface area contributed by atoms with Crippen molar-refractivity contribution in [3.8, 4) is 34.1 Å². The van der Waals surface area contributed by atoms with Crippen LogP contribution in [0.4, 0.5) is 0 Å². The van der Waals surface area contributed by atoms with Gasteiger partial charge in [0.15, 0.2) is 0 Å². The maximum absolute atomic E-state index is 2.55. The van der Waals surface area contributed by atoms with E-state index in [1.807, 2.05) is 0 Å². The van der Waals surface area contributed by atoms with Crippen LogP contribution in [-0.2, 0) is 28.1 Å². The van der Waals surface area contributed by atoms with Crippen molar-refractivity contribution < 1.29 is 0 Å². The zero-order chi connectivity index (χ0) is 83.1. The second kappa shape index (κ2) is 26.4. The molecule has 0 bridgehead atoms. The third kappa shape index (κ3) is 11.5. The normalized spacial score (nSPS) is 12.9. The molecular weight excluding hydrogens is 1480 g/mol. The smallest absolute Gasteiger partial charge is 0.0561 e. The molecule has 0 radical (unpaired) electrons. The first-order valence-corrected chi connectivity index (χ1v) is 43.6. The van der Waals surface area contributed by atoms with Gasteiger partial charge in [-0.05, 0) is 297 Å². The molecule has 0 spiro atoms. The van der Waals surface area contributed by atoms with Gasteiger partial charge in [0.2, 0.25) is 0 Å². The van der Waals surface area contributed by atoms with Gasteiger partial charge in [0.1, 0.15) is 0 Å². The minimum Gasteiger partial charge on any atom is -0.309 e. The molecule has 23 aromatic rings. The van der Waals surface area contributed by atoms with Crippen LogP contribution in [-0.4, -0.2) is 27.4 Å². The Hall–Kier alpha value is -13.7. The largest absolute Gasteiger partial charge is 0.309 e. The highest BCUT2D eigenvalue weighted by molar-refractivity contribution is 6.17. The molecule has 0 saturated carbocycles. The zero-order valence-corrected chi connectivity index (χ0v) is 72.1. The number of fused-ring (bicyclic) bond motifs is 21. The van der Waals surface area contributed by atoms with Crippen LogP contribution in [0, 0.1) is 20.8 Å².